The molecule has 0 spiro atoms. The number of benzene rings is 1. The van der Waals surface area contributed by atoms with Gasteiger partial charge < -0.3 is 0 Å². The van der Waals surface area contributed by atoms with Gasteiger partial charge >= 0.3 is 65.0 Å². The summed E-state index contributed by atoms with van der Waals surface area (Å²) >= 11 is 0.511. The molecule has 0 aliphatic rings. The van der Waals surface area contributed by atoms with Gasteiger partial charge in [0.2, 0.25) is 0 Å². The van der Waals surface area contributed by atoms with Gasteiger partial charge in [0.1, 0.15) is 0 Å². The molecule has 0 saturated heterocycles. The van der Waals surface area contributed by atoms with Crippen LogP contribution in [0.1, 0.15) is 4.57 Å². The zero-order valence-corrected chi connectivity index (χ0v) is 7.38. The van der Waals surface area contributed by atoms with E-state index in [1.165, 1.54) is 14.3 Å². The van der Waals surface area contributed by atoms with Gasteiger partial charge in [-0.1, -0.05) is 0 Å². The van der Waals surface area contributed by atoms with Crippen LogP contribution in [0.3, 0.4) is 0 Å². The third-order valence-corrected chi connectivity index (χ3v) is 3.40. The summed E-state index contributed by atoms with van der Waals surface area (Å²) < 4.78 is 2.71. The van der Waals surface area contributed by atoms with E-state index in [9.17, 15) is 0 Å². The Morgan fingerprint density at radius 1 is 1.30 bits per heavy atom. The van der Waals surface area contributed by atoms with E-state index in [0.717, 1.165) is 0 Å². The van der Waals surface area contributed by atoms with E-state index in [1.807, 2.05) is 6.07 Å². The van der Waals surface area contributed by atoms with Crippen molar-refractivity contribution in [1.82, 2.24) is 4.98 Å². The number of para-hydroxylation sites is 1. The molecular formula is C8H7NSe. The van der Waals surface area contributed by atoms with Crippen LogP contribution in [0.4, 0.5) is 0 Å². The van der Waals surface area contributed by atoms with Gasteiger partial charge in [-0.3, -0.25) is 0 Å². The number of nitrogens with zero attached hydrogens (tertiary/aromatic N) is 1. The molecule has 1 heterocycles. The van der Waals surface area contributed by atoms with Gasteiger partial charge in [0.05, 0.1) is 0 Å². The predicted octanol–water partition coefficient (Wildman–Crippen LogP) is 1.60. The van der Waals surface area contributed by atoms with Crippen LogP contribution in [0.2, 0.25) is 0 Å². The van der Waals surface area contributed by atoms with E-state index < -0.39 is 0 Å². The quantitative estimate of drug-likeness (QED) is 0.583. The summed E-state index contributed by atoms with van der Waals surface area (Å²) in [7, 11) is 0. The van der Waals surface area contributed by atoms with Gasteiger partial charge in [0.15, 0.2) is 0 Å². The molecule has 2 aromatic rings. The van der Waals surface area contributed by atoms with Crippen molar-refractivity contribution in [3.8, 4) is 0 Å². The van der Waals surface area contributed by atoms with Gasteiger partial charge in [-0.25, -0.2) is 0 Å². The van der Waals surface area contributed by atoms with Gasteiger partial charge in [-0.05, 0) is 0 Å². The number of aromatic nitrogens is 1. The maximum absolute atomic E-state index is 4.40. The molecular weight excluding hydrogens is 189 g/mol. The average molecular weight is 196 g/mol. The fourth-order valence-corrected chi connectivity index (χ4v) is 2.72. The molecule has 0 atom stereocenters. The summed E-state index contributed by atoms with van der Waals surface area (Å²) in [5, 5.41) is 0. The number of rotatable bonds is 0. The first-order valence-corrected chi connectivity index (χ1v) is 4.90. The molecule has 0 aliphatic carbocycles. The molecule has 0 saturated carbocycles. The number of fused-ring (bicyclic) bond motifs is 1. The molecule has 2 heteroatoms. The van der Waals surface area contributed by atoms with Crippen molar-refractivity contribution >= 4 is 24.3 Å². The van der Waals surface area contributed by atoms with Crippen LogP contribution < -0.4 is 0 Å². The van der Waals surface area contributed by atoms with E-state index in [0.29, 0.717) is 14.5 Å². The first-order chi connectivity index (χ1) is 4.86. The standard InChI is InChI=1S/C8H7NSe/c1-6-9-7-4-2-3-5-8(7)10-6/h2-5H,1H3. The van der Waals surface area contributed by atoms with E-state index in [1.54, 1.807) is 0 Å². The zero-order valence-electron chi connectivity index (χ0n) is 5.66. The Bertz CT molecular complexity index is 318. The Balaban J connectivity index is 2.88. The molecule has 0 unspecified atom stereocenters. The van der Waals surface area contributed by atoms with Crippen LogP contribution in [0.25, 0.3) is 9.78 Å². The van der Waals surface area contributed by atoms with Gasteiger partial charge in [-0.15, -0.1) is 0 Å². The second-order valence-corrected chi connectivity index (χ2v) is 4.79. The first-order valence-electron chi connectivity index (χ1n) is 3.18. The molecule has 1 aromatic carbocycles. The number of hydrogen-bond acceptors (Lipinski definition) is 1. The van der Waals surface area contributed by atoms with Crippen molar-refractivity contribution < 1.29 is 0 Å². The minimum atomic E-state index is 0.511. The molecule has 0 amide bonds. The molecule has 0 radical (unpaired) electrons. The second kappa shape index (κ2) is 2.22. The molecule has 0 aliphatic heterocycles. The van der Waals surface area contributed by atoms with Crippen LogP contribution in [0, 0.1) is 6.92 Å². The van der Waals surface area contributed by atoms with Crippen LogP contribution in [-0.2, 0) is 0 Å². The summed E-state index contributed by atoms with van der Waals surface area (Å²) in [6, 6.07) is 8.36. The first kappa shape index (κ1) is 6.14. The molecule has 0 N–H and O–H groups in total. The monoisotopic (exact) mass is 197 g/mol. The SMILES string of the molecule is Cc1nc2ccccc2[se]1. The van der Waals surface area contributed by atoms with Gasteiger partial charge in [0, 0.05) is 0 Å². The second-order valence-electron chi connectivity index (χ2n) is 2.20. The number of hydrogen-bond donors (Lipinski definition) is 0. The summed E-state index contributed by atoms with van der Waals surface area (Å²) in [5.74, 6) is 0. The summed E-state index contributed by atoms with van der Waals surface area (Å²) in [6.45, 7) is 2.10. The number of aryl methyl sites for hydroxylation is 1. The molecule has 10 heavy (non-hydrogen) atoms. The molecule has 0 bridgehead atoms. The van der Waals surface area contributed by atoms with Crippen LogP contribution >= 0.6 is 0 Å². The van der Waals surface area contributed by atoms with Crippen molar-refractivity contribution in [3.63, 3.8) is 0 Å². The third kappa shape index (κ3) is 0.898. The van der Waals surface area contributed by atoms with Gasteiger partial charge in [-0.2, -0.15) is 0 Å². The average Bonchev–Trinajstić information content (AvgIpc) is 2.27. The fourth-order valence-electron chi connectivity index (χ4n) is 0.987. The van der Waals surface area contributed by atoms with E-state index in [4.69, 9.17) is 0 Å². The summed E-state index contributed by atoms with van der Waals surface area (Å²) in [5.41, 5.74) is 1.18. The van der Waals surface area contributed by atoms with E-state index in [-0.39, 0.29) is 0 Å². The Hall–Kier alpha value is -0.591. The van der Waals surface area contributed by atoms with Crippen molar-refractivity contribution in [3.05, 3.63) is 28.8 Å². The molecule has 0 fully saturated rings. The van der Waals surface area contributed by atoms with Crippen LogP contribution in [0.5, 0.6) is 0 Å². The van der Waals surface area contributed by atoms with Crippen molar-refractivity contribution in [2.75, 3.05) is 0 Å². The van der Waals surface area contributed by atoms with Gasteiger partial charge in [0.25, 0.3) is 0 Å². The molecule has 1 aromatic heterocycles. The summed E-state index contributed by atoms with van der Waals surface area (Å²) in [6.07, 6.45) is 0. The van der Waals surface area contributed by atoms with Crippen molar-refractivity contribution in [2.24, 2.45) is 0 Å². The predicted molar refractivity (Wildman–Crippen MR) is 43.4 cm³/mol. The van der Waals surface area contributed by atoms with Crippen LogP contribution in [-0.4, -0.2) is 19.5 Å². The minimum absolute atomic E-state index is 0.511. The fraction of sp³-hybridized carbons (Fsp3) is 0.125. The Labute approximate surface area is 65.5 Å². The Kier molecular flexibility index (Phi) is 1.37. The van der Waals surface area contributed by atoms with E-state index >= 15 is 0 Å². The zero-order chi connectivity index (χ0) is 6.97. The Morgan fingerprint density at radius 2 is 2.10 bits per heavy atom. The topological polar surface area (TPSA) is 12.9 Å². The Morgan fingerprint density at radius 3 is 2.90 bits per heavy atom. The molecule has 50 valence electrons. The van der Waals surface area contributed by atoms with Crippen molar-refractivity contribution in [1.29, 1.82) is 0 Å². The molecule has 2 rings (SSSR count). The normalized spacial score (nSPS) is 10.5. The maximum atomic E-state index is 4.40. The van der Waals surface area contributed by atoms with E-state index in [2.05, 4.69) is 30.1 Å². The van der Waals surface area contributed by atoms with Crippen molar-refractivity contribution in [2.45, 2.75) is 6.92 Å². The molecule has 1 nitrogen and oxygen atoms in total. The third-order valence-electron chi connectivity index (χ3n) is 1.40. The van der Waals surface area contributed by atoms with Crippen LogP contribution in [0.15, 0.2) is 24.3 Å². The summed E-state index contributed by atoms with van der Waals surface area (Å²) in [4.78, 5) is 4.40.